The zero-order chi connectivity index (χ0) is 14.9. The van der Waals surface area contributed by atoms with Crippen LogP contribution in [-0.4, -0.2) is 23.3 Å². The van der Waals surface area contributed by atoms with Crippen molar-refractivity contribution in [2.75, 3.05) is 6.54 Å². The number of likely N-dealkylation sites (tertiary alicyclic amines) is 1. The third-order valence-corrected chi connectivity index (χ3v) is 5.03. The average molecular weight is 280 g/mol. The molecule has 1 aliphatic carbocycles. The van der Waals surface area contributed by atoms with Crippen LogP contribution < -0.4 is 0 Å². The van der Waals surface area contributed by atoms with Crippen LogP contribution >= 0.6 is 0 Å². The van der Waals surface area contributed by atoms with Gasteiger partial charge in [0.05, 0.1) is 6.07 Å². The van der Waals surface area contributed by atoms with E-state index in [0.29, 0.717) is 12.3 Å². The highest BCUT2D eigenvalue weighted by Gasteiger charge is 2.48. The second-order valence-electron chi connectivity index (χ2n) is 6.34. The number of carbonyl (C=O) groups is 1. The Kier molecular flexibility index (Phi) is 3.65. The molecule has 0 saturated carbocycles. The predicted molar refractivity (Wildman–Crippen MR) is 81.2 cm³/mol. The normalized spacial score (nSPS) is 32.5. The molecule has 0 radical (unpaired) electrons. The van der Waals surface area contributed by atoms with Gasteiger partial charge in [0.2, 0.25) is 0 Å². The van der Waals surface area contributed by atoms with E-state index in [0.717, 1.165) is 19.5 Å². The molecule has 3 heteroatoms. The summed E-state index contributed by atoms with van der Waals surface area (Å²) in [4.78, 5) is 13.9. The number of rotatable bonds is 2. The number of nitrogens with zero attached hydrogens (tertiary/aromatic N) is 2. The largest absolute Gasteiger partial charge is 0.295 e. The van der Waals surface area contributed by atoms with Crippen LogP contribution in [0.3, 0.4) is 0 Å². The Balaban J connectivity index is 1.86. The van der Waals surface area contributed by atoms with E-state index in [1.165, 1.54) is 5.56 Å². The average Bonchev–Trinajstić information content (AvgIpc) is 2.49. The molecule has 0 spiro atoms. The van der Waals surface area contributed by atoms with Crippen LogP contribution in [0.5, 0.6) is 0 Å². The number of carbonyl (C=O) groups excluding carboxylic acids is 1. The molecule has 21 heavy (non-hydrogen) atoms. The van der Waals surface area contributed by atoms with Gasteiger partial charge in [-0.25, -0.2) is 0 Å². The summed E-state index contributed by atoms with van der Waals surface area (Å²) in [6, 6.07) is 12.6. The summed E-state index contributed by atoms with van der Waals surface area (Å²) >= 11 is 0. The van der Waals surface area contributed by atoms with Gasteiger partial charge in [0.15, 0.2) is 5.78 Å². The first-order chi connectivity index (χ1) is 10.1. The molecule has 1 heterocycles. The number of allylic oxidation sites excluding steroid dienone is 1. The molecule has 1 aromatic carbocycles. The van der Waals surface area contributed by atoms with E-state index in [4.69, 9.17) is 0 Å². The Morgan fingerprint density at radius 1 is 1.38 bits per heavy atom. The van der Waals surface area contributed by atoms with Crippen LogP contribution in [-0.2, 0) is 11.3 Å². The van der Waals surface area contributed by atoms with E-state index in [2.05, 4.69) is 30.0 Å². The van der Waals surface area contributed by atoms with Crippen LogP contribution in [0, 0.1) is 22.7 Å². The van der Waals surface area contributed by atoms with Gasteiger partial charge in [-0.05, 0) is 24.0 Å². The molecule has 1 aliphatic heterocycles. The third-order valence-electron chi connectivity index (χ3n) is 5.03. The number of ketones is 1. The maximum absolute atomic E-state index is 11.6. The fraction of sp³-hybridized carbons (Fsp3) is 0.444. The minimum Gasteiger partial charge on any atom is -0.295 e. The Morgan fingerprint density at radius 2 is 2.14 bits per heavy atom. The lowest BCUT2D eigenvalue weighted by Gasteiger charge is -2.49. The van der Waals surface area contributed by atoms with Gasteiger partial charge in [-0.1, -0.05) is 43.3 Å². The fourth-order valence-electron chi connectivity index (χ4n) is 3.72. The molecule has 1 saturated heterocycles. The molecule has 0 amide bonds. The van der Waals surface area contributed by atoms with Crippen molar-refractivity contribution in [3.8, 4) is 6.07 Å². The quantitative estimate of drug-likeness (QED) is 0.836. The van der Waals surface area contributed by atoms with Crippen molar-refractivity contribution in [3.63, 3.8) is 0 Å². The van der Waals surface area contributed by atoms with Crippen molar-refractivity contribution < 1.29 is 4.79 Å². The first-order valence-corrected chi connectivity index (χ1v) is 7.53. The van der Waals surface area contributed by atoms with E-state index in [1.54, 1.807) is 6.08 Å². The lowest BCUT2D eigenvalue weighted by atomic mass is 9.63. The molecule has 0 N–H and O–H groups in total. The van der Waals surface area contributed by atoms with Crippen LogP contribution in [0.25, 0.3) is 0 Å². The van der Waals surface area contributed by atoms with E-state index in [1.807, 2.05) is 24.3 Å². The highest BCUT2D eigenvalue weighted by atomic mass is 16.1. The topological polar surface area (TPSA) is 44.1 Å². The molecular weight excluding hydrogens is 260 g/mol. The Hall–Kier alpha value is -1.92. The molecular formula is C18H20N2O. The predicted octanol–water partition coefficient (Wildman–Crippen LogP) is 2.94. The number of hydrogen-bond donors (Lipinski definition) is 0. The highest BCUT2D eigenvalue weighted by molar-refractivity contribution is 5.91. The first-order valence-electron chi connectivity index (χ1n) is 7.53. The maximum Gasteiger partial charge on any atom is 0.155 e. The molecule has 3 nitrogen and oxygen atoms in total. The lowest BCUT2D eigenvalue weighted by molar-refractivity contribution is -0.118. The van der Waals surface area contributed by atoms with E-state index in [-0.39, 0.29) is 17.2 Å². The Morgan fingerprint density at radius 3 is 2.86 bits per heavy atom. The molecule has 3 rings (SSSR count). The Labute approximate surface area is 125 Å². The van der Waals surface area contributed by atoms with Crippen molar-refractivity contribution in [1.82, 2.24) is 4.90 Å². The summed E-state index contributed by atoms with van der Waals surface area (Å²) < 4.78 is 0. The second-order valence-corrected chi connectivity index (χ2v) is 6.34. The minimum absolute atomic E-state index is 0.166. The summed E-state index contributed by atoms with van der Waals surface area (Å²) in [6.07, 6.45) is 5.23. The summed E-state index contributed by atoms with van der Waals surface area (Å²) in [6.45, 7) is 3.81. The number of nitriles is 1. The second kappa shape index (κ2) is 5.46. The van der Waals surface area contributed by atoms with Gasteiger partial charge < -0.3 is 0 Å². The van der Waals surface area contributed by atoms with Crippen molar-refractivity contribution in [2.45, 2.75) is 32.4 Å². The van der Waals surface area contributed by atoms with Crippen LogP contribution in [0.1, 0.15) is 25.3 Å². The molecule has 0 unspecified atom stereocenters. The van der Waals surface area contributed by atoms with E-state index >= 15 is 0 Å². The number of benzene rings is 1. The van der Waals surface area contributed by atoms with Crippen molar-refractivity contribution in [2.24, 2.45) is 11.3 Å². The highest BCUT2D eigenvalue weighted by Crippen LogP contribution is 2.45. The standard InChI is InChI=1S/C18H20N2O/c1-18-9-7-16(21)11-15(18)8-10-20(17(18)12-19)13-14-5-3-2-4-6-14/h2-7,9,15,17H,8,10-11,13H2,1H3/t15-,17-,18+/m1/s1. The summed E-state index contributed by atoms with van der Waals surface area (Å²) in [5, 5.41) is 9.70. The molecule has 3 atom stereocenters. The van der Waals surface area contributed by atoms with Gasteiger partial charge in [0.25, 0.3) is 0 Å². The summed E-state index contributed by atoms with van der Waals surface area (Å²) in [5.41, 5.74) is 1.02. The minimum atomic E-state index is -0.213. The van der Waals surface area contributed by atoms with Crippen molar-refractivity contribution in [3.05, 3.63) is 48.0 Å². The van der Waals surface area contributed by atoms with Gasteiger partial charge in [-0.15, -0.1) is 0 Å². The van der Waals surface area contributed by atoms with Crippen LogP contribution in [0.15, 0.2) is 42.5 Å². The molecule has 108 valence electrons. The van der Waals surface area contributed by atoms with Crippen LogP contribution in [0.4, 0.5) is 0 Å². The smallest absolute Gasteiger partial charge is 0.155 e. The van der Waals surface area contributed by atoms with Gasteiger partial charge in [-0.2, -0.15) is 5.26 Å². The molecule has 0 aromatic heterocycles. The van der Waals surface area contributed by atoms with Gasteiger partial charge in [0, 0.05) is 24.9 Å². The van der Waals surface area contributed by atoms with Gasteiger partial charge >= 0.3 is 0 Å². The maximum atomic E-state index is 11.6. The monoisotopic (exact) mass is 280 g/mol. The molecule has 1 fully saturated rings. The fourth-order valence-corrected chi connectivity index (χ4v) is 3.72. The number of hydrogen-bond acceptors (Lipinski definition) is 3. The number of fused-ring (bicyclic) bond motifs is 1. The Bertz CT molecular complexity index is 601. The van der Waals surface area contributed by atoms with Gasteiger partial charge in [-0.3, -0.25) is 9.69 Å². The SMILES string of the molecule is C[C@]12C=CC(=O)C[C@H]1CCN(Cc1ccccc1)[C@@H]2C#N. The zero-order valence-electron chi connectivity index (χ0n) is 12.3. The van der Waals surface area contributed by atoms with Gasteiger partial charge in [0.1, 0.15) is 6.04 Å². The molecule has 1 aromatic rings. The summed E-state index contributed by atoms with van der Waals surface area (Å²) in [5.74, 6) is 0.498. The number of piperidine rings is 1. The van der Waals surface area contributed by atoms with E-state index in [9.17, 15) is 10.1 Å². The van der Waals surface area contributed by atoms with Crippen molar-refractivity contribution in [1.29, 1.82) is 5.26 Å². The molecule has 0 bridgehead atoms. The third kappa shape index (κ3) is 2.52. The first kappa shape index (κ1) is 14.0. The lowest BCUT2D eigenvalue weighted by Crippen LogP contribution is -2.54. The van der Waals surface area contributed by atoms with Crippen LogP contribution in [0.2, 0.25) is 0 Å². The molecule has 2 aliphatic rings. The van der Waals surface area contributed by atoms with Crippen molar-refractivity contribution >= 4 is 5.78 Å². The van der Waals surface area contributed by atoms with E-state index < -0.39 is 0 Å². The zero-order valence-corrected chi connectivity index (χ0v) is 12.3. The summed E-state index contributed by atoms with van der Waals surface area (Å²) in [7, 11) is 0.